The van der Waals surface area contributed by atoms with Gasteiger partial charge < -0.3 is 14.8 Å². The highest BCUT2D eigenvalue weighted by molar-refractivity contribution is 5.97. The lowest BCUT2D eigenvalue weighted by molar-refractivity contribution is 0.0601. The van der Waals surface area contributed by atoms with Gasteiger partial charge in [-0.3, -0.25) is 0 Å². The Hall–Kier alpha value is -4.05. The molecule has 35 heavy (non-hydrogen) atoms. The Bertz CT molecular complexity index is 1420. The van der Waals surface area contributed by atoms with E-state index >= 15 is 0 Å². The summed E-state index contributed by atoms with van der Waals surface area (Å²) in [6.07, 6.45) is 5.54. The zero-order valence-electron chi connectivity index (χ0n) is 19.6. The van der Waals surface area contributed by atoms with Gasteiger partial charge in [-0.05, 0) is 58.0 Å². The fraction of sp³-hybridized carbons (Fsp3) is 0.194. The first-order chi connectivity index (χ1) is 17.2. The number of anilines is 1. The average molecular weight is 462 g/mol. The molecule has 174 valence electrons. The molecule has 0 saturated heterocycles. The van der Waals surface area contributed by atoms with Crippen LogP contribution in [0.1, 0.15) is 45.4 Å². The first-order valence-electron chi connectivity index (χ1n) is 12.1. The number of benzene rings is 4. The van der Waals surface area contributed by atoms with Crippen LogP contribution in [0.2, 0.25) is 0 Å². The maximum absolute atomic E-state index is 12.4. The van der Waals surface area contributed by atoms with Crippen LogP contribution in [-0.2, 0) is 11.3 Å². The lowest BCUT2D eigenvalue weighted by Crippen LogP contribution is -2.30. The minimum atomic E-state index is -0.314. The van der Waals surface area contributed by atoms with Crippen molar-refractivity contribution in [3.8, 4) is 5.75 Å². The smallest absolute Gasteiger partial charge is 0.339 e. The molecule has 1 heterocycles. The van der Waals surface area contributed by atoms with Crippen LogP contribution in [0.15, 0.2) is 97.1 Å². The van der Waals surface area contributed by atoms with Gasteiger partial charge in [-0.1, -0.05) is 78.9 Å². The Morgan fingerprint density at radius 1 is 0.943 bits per heavy atom. The van der Waals surface area contributed by atoms with Crippen molar-refractivity contribution in [3.63, 3.8) is 0 Å². The molecule has 0 fully saturated rings. The fourth-order valence-corrected chi connectivity index (χ4v) is 5.58. The SMILES string of the molecule is COC(=O)c1cccc2c1N[C@@H](c1ccc(OCc3cccc4ccccc34)cc1)[C@H]1CC=C[C@@H]21. The highest BCUT2D eigenvalue weighted by Crippen LogP contribution is 2.50. The predicted molar refractivity (Wildman–Crippen MR) is 139 cm³/mol. The van der Waals surface area contributed by atoms with E-state index < -0.39 is 0 Å². The van der Waals surface area contributed by atoms with Crippen molar-refractivity contribution in [2.45, 2.75) is 25.0 Å². The van der Waals surface area contributed by atoms with E-state index in [1.165, 1.54) is 29.0 Å². The third kappa shape index (κ3) is 3.85. The largest absolute Gasteiger partial charge is 0.489 e. The topological polar surface area (TPSA) is 47.6 Å². The zero-order valence-corrected chi connectivity index (χ0v) is 19.6. The van der Waals surface area contributed by atoms with Crippen molar-refractivity contribution in [1.82, 2.24) is 0 Å². The molecular formula is C31H27NO3. The number of carbonyl (C=O) groups is 1. The lowest BCUT2D eigenvalue weighted by Gasteiger charge is -2.38. The highest BCUT2D eigenvalue weighted by Gasteiger charge is 2.39. The van der Waals surface area contributed by atoms with Crippen LogP contribution in [0.25, 0.3) is 10.8 Å². The molecule has 2 aliphatic rings. The summed E-state index contributed by atoms with van der Waals surface area (Å²) in [6, 6.07) is 29.0. The number of allylic oxidation sites excluding steroid dienone is 2. The molecule has 6 rings (SSSR count). The number of para-hydroxylation sites is 1. The van der Waals surface area contributed by atoms with E-state index in [0.29, 0.717) is 18.1 Å². The first-order valence-corrected chi connectivity index (χ1v) is 12.1. The molecule has 1 aliphatic heterocycles. The van der Waals surface area contributed by atoms with Crippen LogP contribution in [0.4, 0.5) is 5.69 Å². The molecule has 0 radical (unpaired) electrons. The van der Waals surface area contributed by atoms with Crippen molar-refractivity contribution >= 4 is 22.4 Å². The van der Waals surface area contributed by atoms with E-state index in [1.54, 1.807) is 0 Å². The molecule has 0 spiro atoms. The second-order valence-corrected chi connectivity index (χ2v) is 9.23. The summed E-state index contributed by atoms with van der Waals surface area (Å²) in [5.41, 5.74) is 5.00. The van der Waals surface area contributed by atoms with Gasteiger partial charge in [0, 0.05) is 5.92 Å². The summed E-state index contributed by atoms with van der Waals surface area (Å²) in [7, 11) is 1.43. The van der Waals surface area contributed by atoms with Gasteiger partial charge in [0.2, 0.25) is 0 Å². The molecule has 0 bridgehead atoms. The summed E-state index contributed by atoms with van der Waals surface area (Å²) < 4.78 is 11.2. The molecule has 1 N–H and O–H groups in total. The van der Waals surface area contributed by atoms with Crippen LogP contribution in [-0.4, -0.2) is 13.1 Å². The standard InChI is InChI=1S/C31H27NO3/c1-34-31(33)28-14-6-13-27-25-11-5-12-26(25)29(32-30(27)28)21-15-17-23(18-16-21)35-19-22-9-4-8-20-7-2-3-10-24(20)22/h2-11,13-18,25-26,29,32H,12,19H2,1H3/t25-,26+,29+/m1/s1. The molecule has 0 saturated carbocycles. The number of fused-ring (bicyclic) bond motifs is 4. The normalized spacial score (nSPS) is 20.1. The quantitative estimate of drug-likeness (QED) is 0.256. The maximum atomic E-state index is 12.4. The monoisotopic (exact) mass is 461 g/mol. The number of hydrogen-bond acceptors (Lipinski definition) is 4. The second-order valence-electron chi connectivity index (χ2n) is 9.23. The lowest BCUT2D eigenvalue weighted by atomic mass is 9.76. The van der Waals surface area contributed by atoms with Crippen molar-refractivity contribution < 1.29 is 14.3 Å². The van der Waals surface area contributed by atoms with E-state index in [1.807, 2.05) is 24.3 Å². The number of nitrogens with one attached hydrogen (secondary N) is 1. The summed E-state index contributed by atoms with van der Waals surface area (Å²) in [6.45, 7) is 0.521. The second kappa shape index (κ2) is 8.95. The molecule has 0 unspecified atom stereocenters. The number of methoxy groups -OCH3 is 1. The van der Waals surface area contributed by atoms with Crippen LogP contribution in [0.3, 0.4) is 0 Å². The van der Waals surface area contributed by atoms with E-state index in [9.17, 15) is 4.79 Å². The molecular weight excluding hydrogens is 434 g/mol. The zero-order chi connectivity index (χ0) is 23.8. The summed E-state index contributed by atoms with van der Waals surface area (Å²) in [4.78, 5) is 12.4. The van der Waals surface area contributed by atoms with Gasteiger partial charge in [-0.15, -0.1) is 0 Å². The van der Waals surface area contributed by atoms with Gasteiger partial charge >= 0.3 is 5.97 Å². The predicted octanol–water partition coefficient (Wildman–Crippen LogP) is 7.03. The van der Waals surface area contributed by atoms with Crippen LogP contribution in [0.5, 0.6) is 5.75 Å². The number of rotatable bonds is 5. The average Bonchev–Trinajstić information content (AvgIpc) is 3.41. The third-order valence-electron chi connectivity index (χ3n) is 7.32. The van der Waals surface area contributed by atoms with Gasteiger partial charge in [0.15, 0.2) is 0 Å². The number of esters is 1. The number of ether oxygens (including phenoxy) is 2. The fourth-order valence-electron chi connectivity index (χ4n) is 5.58. The maximum Gasteiger partial charge on any atom is 0.339 e. The van der Waals surface area contributed by atoms with E-state index in [0.717, 1.165) is 23.4 Å². The van der Waals surface area contributed by atoms with E-state index in [4.69, 9.17) is 9.47 Å². The molecule has 4 aromatic rings. The summed E-state index contributed by atoms with van der Waals surface area (Å²) >= 11 is 0. The van der Waals surface area contributed by atoms with Crippen LogP contribution in [0, 0.1) is 5.92 Å². The van der Waals surface area contributed by atoms with Crippen molar-refractivity contribution in [2.75, 3.05) is 12.4 Å². The molecule has 0 aromatic heterocycles. The van der Waals surface area contributed by atoms with E-state index in [-0.39, 0.29) is 17.9 Å². The molecule has 4 aromatic carbocycles. The van der Waals surface area contributed by atoms with Crippen LogP contribution < -0.4 is 10.1 Å². The molecule has 4 heteroatoms. The number of hydrogen-bond donors (Lipinski definition) is 1. The summed E-state index contributed by atoms with van der Waals surface area (Å²) in [5, 5.41) is 6.13. The Kier molecular flexibility index (Phi) is 5.49. The Labute approximate surface area is 205 Å². The van der Waals surface area contributed by atoms with Gasteiger partial charge in [0.05, 0.1) is 24.4 Å². The van der Waals surface area contributed by atoms with Crippen molar-refractivity contribution in [3.05, 3.63) is 119 Å². The Morgan fingerprint density at radius 3 is 2.60 bits per heavy atom. The minimum absolute atomic E-state index is 0.0976. The first kappa shape index (κ1) is 21.5. The van der Waals surface area contributed by atoms with Crippen LogP contribution >= 0.6 is 0 Å². The van der Waals surface area contributed by atoms with Gasteiger partial charge in [0.25, 0.3) is 0 Å². The number of carbonyl (C=O) groups excluding carboxylic acids is 1. The highest BCUT2D eigenvalue weighted by atomic mass is 16.5. The third-order valence-corrected chi connectivity index (χ3v) is 7.32. The minimum Gasteiger partial charge on any atom is -0.489 e. The summed E-state index contributed by atoms with van der Waals surface area (Å²) in [5.74, 6) is 1.21. The molecule has 1 aliphatic carbocycles. The molecule has 4 nitrogen and oxygen atoms in total. The van der Waals surface area contributed by atoms with E-state index in [2.05, 4.69) is 78.1 Å². The van der Waals surface area contributed by atoms with Gasteiger partial charge in [0.1, 0.15) is 12.4 Å². The Balaban J connectivity index is 1.24. The molecule has 3 atom stereocenters. The van der Waals surface area contributed by atoms with Gasteiger partial charge in [-0.2, -0.15) is 0 Å². The Morgan fingerprint density at radius 2 is 1.74 bits per heavy atom. The van der Waals surface area contributed by atoms with Crippen molar-refractivity contribution in [1.29, 1.82) is 0 Å². The van der Waals surface area contributed by atoms with Gasteiger partial charge in [-0.25, -0.2) is 4.79 Å². The molecule has 0 amide bonds. The van der Waals surface area contributed by atoms with Crippen molar-refractivity contribution in [2.24, 2.45) is 5.92 Å².